The van der Waals surface area contributed by atoms with Crippen molar-refractivity contribution in [1.29, 1.82) is 5.41 Å². The van der Waals surface area contributed by atoms with Gasteiger partial charge in [0.1, 0.15) is 12.4 Å². The molecule has 0 aliphatic rings. The van der Waals surface area contributed by atoms with Gasteiger partial charge in [-0.15, -0.1) is 0 Å². The van der Waals surface area contributed by atoms with E-state index in [1.165, 1.54) is 12.1 Å². The third-order valence-electron chi connectivity index (χ3n) is 2.41. The molecule has 0 unspecified atom stereocenters. The Morgan fingerprint density at radius 3 is 2.63 bits per heavy atom. The molecule has 3 N–H and O–H groups in total. The van der Waals surface area contributed by atoms with Crippen LogP contribution in [0.3, 0.4) is 0 Å². The number of hydrogen-bond acceptors (Lipinski definition) is 4. The molecule has 0 aliphatic carbocycles. The van der Waals surface area contributed by atoms with Crippen LogP contribution in [-0.4, -0.2) is 32.4 Å². The lowest BCUT2D eigenvalue weighted by atomic mass is 10.2. The SMILES string of the molecule is CCCS(=O)(=O)CCOc1ccc(C(=N)N)cc1F. The van der Waals surface area contributed by atoms with Crippen LogP contribution in [0.25, 0.3) is 0 Å². The fourth-order valence-corrected chi connectivity index (χ4v) is 2.64. The van der Waals surface area contributed by atoms with E-state index in [2.05, 4.69) is 0 Å². The highest BCUT2D eigenvalue weighted by molar-refractivity contribution is 7.91. The minimum Gasteiger partial charge on any atom is -0.489 e. The number of sulfone groups is 1. The number of benzene rings is 1. The highest BCUT2D eigenvalue weighted by Gasteiger charge is 2.11. The number of nitrogens with one attached hydrogen (secondary N) is 1. The number of halogens is 1. The highest BCUT2D eigenvalue weighted by Crippen LogP contribution is 2.18. The maximum atomic E-state index is 13.6. The first-order valence-corrected chi connectivity index (χ1v) is 7.65. The number of amidine groups is 1. The first-order valence-electron chi connectivity index (χ1n) is 5.83. The Kier molecular flexibility index (Phi) is 5.29. The maximum absolute atomic E-state index is 13.6. The van der Waals surface area contributed by atoms with Gasteiger partial charge in [-0.25, -0.2) is 12.8 Å². The summed E-state index contributed by atoms with van der Waals surface area (Å²) in [6.45, 7) is 1.68. The van der Waals surface area contributed by atoms with E-state index in [0.717, 1.165) is 6.07 Å². The Morgan fingerprint density at radius 2 is 2.11 bits per heavy atom. The van der Waals surface area contributed by atoms with Crippen molar-refractivity contribution >= 4 is 15.7 Å². The standard InChI is InChI=1S/C12H17FN2O3S/c1-2-6-19(16,17)7-5-18-11-4-3-9(12(14)15)8-10(11)13/h3-4,8H,2,5-7H2,1H3,(H3,14,15). The predicted molar refractivity (Wildman–Crippen MR) is 71.9 cm³/mol. The van der Waals surface area contributed by atoms with Crippen molar-refractivity contribution < 1.29 is 17.5 Å². The van der Waals surface area contributed by atoms with E-state index < -0.39 is 15.7 Å². The zero-order chi connectivity index (χ0) is 14.5. The molecule has 1 rings (SSSR count). The van der Waals surface area contributed by atoms with Crippen molar-refractivity contribution in [2.75, 3.05) is 18.1 Å². The smallest absolute Gasteiger partial charge is 0.165 e. The Labute approximate surface area is 112 Å². The van der Waals surface area contributed by atoms with Gasteiger partial charge < -0.3 is 10.5 Å². The Bertz CT molecular complexity index is 558. The molecule has 0 saturated heterocycles. The number of nitrogens with two attached hydrogens (primary N) is 1. The van der Waals surface area contributed by atoms with Crippen molar-refractivity contribution in [3.8, 4) is 5.75 Å². The molecule has 0 bridgehead atoms. The third kappa shape index (κ3) is 4.86. The zero-order valence-electron chi connectivity index (χ0n) is 10.6. The second-order valence-corrected chi connectivity index (χ2v) is 6.36. The minimum atomic E-state index is -3.14. The molecule has 0 atom stereocenters. The van der Waals surface area contributed by atoms with Gasteiger partial charge in [-0.3, -0.25) is 5.41 Å². The molecule has 5 nitrogen and oxygen atoms in total. The number of rotatable bonds is 7. The minimum absolute atomic E-state index is 0.0447. The monoisotopic (exact) mass is 288 g/mol. The van der Waals surface area contributed by atoms with Crippen molar-refractivity contribution in [3.05, 3.63) is 29.6 Å². The van der Waals surface area contributed by atoms with Crippen LogP contribution in [0, 0.1) is 11.2 Å². The fraction of sp³-hybridized carbons (Fsp3) is 0.417. The molecule has 0 fully saturated rings. The summed E-state index contributed by atoms with van der Waals surface area (Å²) in [7, 11) is -3.14. The molecule has 0 spiro atoms. The Morgan fingerprint density at radius 1 is 1.42 bits per heavy atom. The van der Waals surface area contributed by atoms with Crippen molar-refractivity contribution in [3.63, 3.8) is 0 Å². The predicted octanol–water partition coefficient (Wildman–Crippen LogP) is 1.31. The molecule has 1 aromatic carbocycles. The van der Waals surface area contributed by atoms with Gasteiger partial charge >= 0.3 is 0 Å². The average molecular weight is 288 g/mol. The van der Waals surface area contributed by atoms with Gasteiger partial charge in [0.05, 0.1) is 11.5 Å². The molecule has 106 valence electrons. The van der Waals surface area contributed by atoms with Crippen molar-refractivity contribution in [1.82, 2.24) is 0 Å². The van der Waals surface area contributed by atoms with Crippen LogP contribution in [0.4, 0.5) is 4.39 Å². The molecule has 0 heterocycles. The van der Waals surface area contributed by atoms with Gasteiger partial charge in [-0.2, -0.15) is 0 Å². The summed E-state index contributed by atoms with van der Waals surface area (Å²) in [5, 5.41) is 7.16. The molecule has 0 aliphatic heterocycles. The average Bonchev–Trinajstić information content (AvgIpc) is 2.30. The first kappa shape index (κ1) is 15.4. The lowest BCUT2D eigenvalue weighted by molar-refractivity contribution is 0.322. The van der Waals surface area contributed by atoms with Gasteiger partial charge in [-0.05, 0) is 24.6 Å². The summed E-state index contributed by atoms with van der Waals surface area (Å²) in [6, 6.07) is 3.86. The van der Waals surface area contributed by atoms with E-state index in [1.54, 1.807) is 6.92 Å². The molecular weight excluding hydrogens is 271 g/mol. The third-order valence-corrected chi connectivity index (χ3v) is 4.23. The van der Waals surface area contributed by atoms with Crippen LogP contribution in [-0.2, 0) is 9.84 Å². The van der Waals surface area contributed by atoms with E-state index in [4.69, 9.17) is 15.9 Å². The maximum Gasteiger partial charge on any atom is 0.165 e. The van der Waals surface area contributed by atoms with Gasteiger partial charge in [-0.1, -0.05) is 6.92 Å². The number of ether oxygens (including phenoxy) is 1. The summed E-state index contributed by atoms with van der Waals surface area (Å²) in [6.07, 6.45) is 0.546. The van der Waals surface area contributed by atoms with Crippen LogP contribution >= 0.6 is 0 Å². The Balaban J connectivity index is 2.62. The molecular formula is C12H17FN2O3S. The summed E-state index contributed by atoms with van der Waals surface area (Å²) in [4.78, 5) is 0. The highest BCUT2D eigenvalue weighted by atomic mass is 32.2. The van der Waals surface area contributed by atoms with Gasteiger partial charge in [0.25, 0.3) is 0 Å². The topological polar surface area (TPSA) is 93.2 Å². The summed E-state index contributed by atoms with van der Waals surface area (Å²) in [5.41, 5.74) is 5.47. The van der Waals surface area contributed by atoms with Crippen LogP contribution in [0.15, 0.2) is 18.2 Å². The lowest BCUT2D eigenvalue weighted by Gasteiger charge is -2.08. The summed E-state index contributed by atoms with van der Waals surface area (Å²) < 4.78 is 41.5. The normalized spacial score (nSPS) is 11.3. The van der Waals surface area contributed by atoms with Crippen LogP contribution < -0.4 is 10.5 Å². The van der Waals surface area contributed by atoms with Gasteiger partial charge in [0.2, 0.25) is 0 Å². The second kappa shape index (κ2) is 6.51. The molecule has 0 saturated carbocycles. The van der Waals surface area contributed by atoms with Crippen molar-refractivity contribution in [2.24, 2.45) is 5.73 Å². The zero-order valence-corrected chi connectivity index (χ0v) is 11.5. The summed E-state index contributed by atoms with van der Waals surface area (Å²) >= 11 is 0. The quantitative estimate of drug-likeness (QED) is 0.584. The van der Waals surface area contributed by atoms with Crippen molar-refractivity contribution in [2.45, 2.75) is 13.3 Å². The first-order chi connectivity index (χ1) is 8.85. The number of hydrogen-bond donors (Lipinski definition) is 2. The molecule has 0 aromatic heterocycles. The summed E-state index contributed by atoms with van der Waals surface area (Å²) in [5.74, 6) is -0.995. The number of nitrogen functional groups attached to an aromatic ring is 1. The largest absolute Gasteiger partial charge is 0.489 e. The molecule has 0 radical (unpaired) electrons. The van der Waals surface area contributed by atoms with E-state index >= 15 is 0 Å². The molecule has 7 heteroatoms. The van der Waals surface area contributed by atoms with Gasteiger partial charge in [0, 0.05) is 5.56 Å². The van der Waals surface area contributed by atoms with E-state index in [-0.39, 0.29) is 35.3 Å². The van der Waals surface area contributed by atoms with Crippen LogP contribution in [0.2, 0.25) is 0 Å². The fourth-order valence-electron chi connectivity index (χ4n) is 1.48. The van der Waals surface area contributed by atoms with E-state index in [0.29, 0.717) is 6.42 Å². The van der Waals surface area contributed by atoms with E-state index in [9.17, 15) is 12.8 Å². The van der Waals surface area contributed by atoms with Gasteiger partial charge in [0.15, 0.2) is 21.4 Å². The van der Waals surface area contributed by atoms with E-state index in [1.807, 2.05) is 0 Å². The van der Waals surface area contributed by atoms with Crippen LogP contribution in [0.1, 0.15) is 18.9 Å². The molecule has 19 heavy (non-hydrogen) atoms. The van der Waals surface area contributed by atoms with Crippen LogP contribution in [0.5, 0.6) is 5.75 Å². The lowest BCUT2D eigenvalue weighted by Crippen LogP contribution is -2.17. The second-order valence-electron chi connectivity index (χ2n) is 4.06. The molecule has 0 amide bonds. The molecule has 1 aromatic rings. The Hall–Kier alpha value is -1.63.